The van der Waals surface area contributed by atoms with Crippen LogP contribution < -0.4 is 0 Å². The van der Waals surface area contributed by atoms with Crippen LogP contribution in [0.5, 0.6) is 0 Å². The zero-order chi connectivity index (χ0) is 6.57. The van der Waals surface area contributed by atoms with Crippen molar-refractivity contribution in [2.24, 2.45) is 0 Å². The van der Waals surface area contributed by atoms with E-state index in [1.54, 1.807) is 0 Å². The minimum Gasteiger partial charge on any atom is -0.481 e. The molecule has 0 atom stereocenters. The molecule has 0 heterocycles. The molecule has 9 heavy (non-hydrogen) atoms. The maximum absolute atomic E-state index is 9.64. The summed E-state index contributed by atoms with van der Waals surface area (Å²) in [4.78, 5) is 19.3. The molecule has 0 bridgehead atoms. The molecule has 0 aliphatic carbocycles. The van der Waals surface area contributed by atoms with E-state index in [9.17, 15) is 9.59 Å². The monoisotopic (exact) mass is 170 g/mol. The van der Waals surface area contributed by atoms with Gasteiger partial charge >= 0.3 is 29.3 Å². The number of aliphatic carboxylic acids is 2. The molecule has 2 N–H and O–H groups in total. The van der Waals surface area contributed by atoms with Crippen LogP contribution in [0.4, 0.5) is 0 Å². The summed E-state index contributed by atoms with van der Waals surface area (Å²) in [7, 11) is 0. The van der Waals surface area contributed by atoms with E-state index in [-0.39, 0.29) is 30.2 Å². The summed E-state index contributed by atoms with van der Waals surface area (Å²) in [5.41, 5.74) is 0. The van der Waals surface area contributed by atoms with Gasteiger partial charge in [-0.3, -0.25) is 9.59 Å². The van der Waals surface area contributed by atoms with Crippen molar-refractivity contribution >= 4 is 11.9 Å². The van der Waals surface area contributed by atoms with Crippen LogP contribution in [0.3, 0.4) is 0 Å². The van der Waals surface area contributed by atoms with Crippen LogP contribution in [0.2, 0.25) is 0 Å². The van der Waals surface area contributed by atoms with Gasteiger partial charge in [-0.25, -0.2) is 0 Å². The smallest absolute Gasteiger partial charge is 0.481 e. The van der Waals surface area contributed by atoms with E-state index in [1.165, 1.54) is 0 Å². The first-order chi connectivity index (χ1) is 3.63. The first-order valence-corrected chi connectivity index (χ1v) is 2.06. The maximum atomic E-state index is 9.64. The summed E-state index contributed by atoms with van der Waals surface area (Å²) in [6, 6.07) is 0. The van der Waals surface area contributed by atoms with Crippen molar-refractivity contribution in [3.63, 3.8) is 0 Å². The Hall–Kier alpha value is -0.528. The van der Waals surface area contributed by atoms with Crippen LogP contribution in [-0.4, -0.2) is 22.2 Å². The summed E-state index contributed by atoms with van der Waals surface area (Å²) >= 11 is 0. The summed E-state index contributed by atoms with van der Waals surface area (Å²) in [5, 5.41) is 15.8. The quantitative estimate of drug-likeness (QED) is 0.621. The first-order valence-electron chi connectivity index (χ1n) is 2.06. The summed E-state index contributed by atoms with van der Waals surface area (Å²) in [5.74, 6) is -2.15. The van der Waals surface area contributed by atoms with Crippen molar-refractivity contribution in [2.45, 2.75) is 12.8 Å². The molecule has 0 saturated carbocycles. The Balaban J connectivity index is 0. The van der Waals surface area contributed by atoms with Crippen LogP contribution in [0.1, 0.15) is 12.8 Å². The van der Waals surface area contributed by atoms with Crippen molar-refractivity contribution in [2.75, 3.05) is 0 Å². The van der Waals surface area contributed by atoms with Gasteiger partial charge < -0.3 is 10.2 Å². The topological polar surface area (TPSA) is 74.6 Å². The van der Waals surface area contributed by atoms with E-state index in [0.717, 1.165) is 0 Å². The van der Waals surface area contributed by atoms with Crippen LogP contribution in [0.25, 0.3) is 0 Å². The molecule has 49 valence electrons. The number of rotatable bonds is 3. The molecule has 0 aromatic rings. The van der Waals surface area contributed by atoms with Gasteiger partial charge in [0.25, 0.3) is 0 Å². The Morgan fingerprint density at radius 1 is 1.00 bits per heavy atom. The number of carbonyl (C=O) groups is 2. The number of carboxylic acids is 2. The zero-order valence-corrected chi connectivity index (χ0v) is 5.81. The van der Waals surface area contributed by atoms with Gasteiger partial charge in [0.2, 0.25) is 0 Å². The Kier molecular flexibility index (Phi) is 7.03. The Morgan fingerprint density at radius 3 is 1.33 bits per heavy atom. The Morgan fingerprint density at radius 2 is 1.22 bits per heavy atom. The molecular weight excluding hydrogens is 164 g/mol. The third-order valence-electron chi connectivity index (χ3n) is 0.553. The molecule has 0 fully saturated rings. The molecule has 0 aromatic carbocycles. The number of hydrogen-bond donors (Lipinski definition) is 2. The number of carboxylic acid groups (broad SMARTS) is 2. The van der Waals surface area contributed by atoms with Gasteiger partial charge in [0.1, 0.15) is 0 Å². The maximum Gasteiger partial charge on any atom is 3.00 e. The SMILES string of the molecule is O=C(O)CCC(=O)O.[Cr+3]. The van der Waals surface area contributed by atoms with Crippen molar-refractivity contribution in [3.8, 4) is 0 Å². The molecule has 0 saturated heterocycles. The molecule has 1 radical (unpaired) electrons. The predicted octanol–water partition coefficient (Wildman–Crippen LogP) is -0.0667. The van der Waals surface area contributed by atoms with Gasteiger partial charge in [-0.1, -0.05) is 0 Å². The van der Waals surface area contributed by atoms with E-state index in [4.69, 9.17) is 10.2 Å². The largest absolute Gasteiger partial charge is 3.00 e. The molecule has 0 aliphatic heterocycles. The fourth-order valence-electron chi connectivity index (χ4n) is 0.214. The minimum absolute atomic E-state index is 0. The summed E-state index contributed by atoms with van der Waals surface area (Å²) in [6.45, 7) is 0. The predicted molar refractivity (Wildman–Crippen MR) is 24.5 cm³/mol. The molecule has 0 aliphatic rings. The van der Waals surface area contributed by atoms with E-state index in [2.05, 4.69) is 0 Å². The van der Waals surface area contributed by atoms with Crippen LogP contribution in [0.15, 0.2) is 0 Å². The van der Waals surface area contributed by atoms with E-state index < -0.39 is 11.9 Å². The zero-order valence-electron chi connectivity index (χ0n) is 4.53. The van der Waals surface area contributed by atoms with Crippen LogP contribution in [0, 0.1) is 0 Å². The number of hydrogen-bond acceptors (Lipinski definition) is 2. The molecule has 0 spiro atoms. The van der Waals surface area contributed by atoms with Crippen molar-refractivity contribution in [1.29, 1.82) is 0 Å². The van der Waals surface area contributed by atoms with E-state index in [0.29, 0.717) is 0 Å². The van der Waals surface area contributed by atoms with Crippen molar-refractivity contribution < 1.29 is 37.2 Å². The molecule has 0 aromatic heterocycles. The summed E-state index contributed by atoms with van der Waals surface area (Å²) in [6.07, 6.45) is -0.593. The Bertz CT molecular complexity index is 97.1. The van der Waals surface area contributed by atoms with Gasteiger partial charge in [0.05, 0.1) is 12.8 Å². The average molecular weight is 170 g/mol. The molecule has 0 amide bonds. The van der Waals surface area contributed by atoms with Gasteiger partial charge in [-0.2, -0.15) is 0 Å². The molecule has 4 nitrogen and oxygen atoms in total. The van der Waals surface area contributed by atoms with Gasteiger partial charge in [0, 0.05) is 0 Å². The van der Waals surface area contributed by atoms with Crippen molar-refractivity contribution in [3.05, 3.63) is 0 Å². The summed E-state index contributed by atoms with van der Waals surface area (Å²) < 4.78 is 0. The average Bonchev–Trinajstić information content (AvgIpc) is 1.61. The minimum atomic E-state index is -1.08. The molecule has 5 heteroatoms. The molecule has 0 unspecified atom stereocenters. The first kappa shape index (κ1) is 11.3. The second kappa shape index (κ2) is 5.61. The third-order valence-corrected chi connectivity index (χ3v) is 0.553. The van der Waals surface area contributed by atoms with E-state index >= 15 is 0 Å². The van der Waals surface area contributed by atoms with Gasteiger partial charge in [-0.05, 0) is 0 Å². The second-order valence-corrected chi connectivity index (χ2v) is 1.29. The van der Waals surface area contributed by atoms with Crippen LogP contribution in [-0.2, 0) is 27.0 Å². The second-order valence-electron chi connectivity index (χ2n) is 1.29. The fourth-order valence-corrected chi connectivity index (χ4v) is 0.214. The van der Waals surface area contributed by atoms with Crippen molar-refractivity contribution in [1.82, 2.24) is 0 Å². The van der Waals surface area contributed by atoms with Crippen LogP contribution >= 0.6 is 0 Å². The standard InChI is InChI=1S/C4H6O4.Cr/c5-3(6)1-2-4(7)8;/h1-2H2,(H,5,6)(H,7,8);/q;+3. The third kappa shape index (κ3) is 11.2. The van der Waals surface area contributed by atoms with E-state index in [1.807, 2.05) is 0 Å². The Labute approximate surface area is 62.6 Å². The molecular formula is C4H6CrO4+3. The fraction of sp³-hybridized carbons (Fsp3) is 0.500. The van der Waals surface area contributed by atoms with Gasteiger partial charge in [-0.15, -0.1) is 0 Å². The normalized spacial score (nSPS) is 7.56. The van der Waals surface area contributed by atoms with Gasteiger partial charge in [0.15, 0.2) is 0 Å². The molecule has 0 rings (SSSR count).